The first-order chi connectivity index (χ1) is 18.9. The number of aliphatic hydroxyl groups excluding tert-OH is 1. The third-order valence-electron chi connectivity index (χ3n) is 6.73. The maximum Gasteiger partial charge on any atom is 0.414 e. The number of anilines is 1. The summed E-state index contributed by atoms with van der Waals surface area (Å²) < 4.78 is 13.1. The maximum atomic E-state index is 13.3. The lowest BCUT2D eigenvalue weighted by atomic mass is 10.1. The van der Waals surface area contributed by atoms with Crippen molar-refractivity contribution in [3.63, 3.8) is 0 Å². The van der Waals surface area contributed by atoms with Crippen LogP contribution in [0.5, 0.6) is 0 Å². The molecule has 10 heteroatoms. The Balaban J connectivity index is 1.46. The number of ether oxygens (including phenoxy) is 2. The molecule has 0 radical (unpaired) electrons. The fourth-order valence-corrected chi connectivity index (χ4v) is 5.72. The van der Waals surface area contributed by atoms with Gasteiger partial charge in [0.15, 0.2) is 5.78 Å². The zero-order valence-electron chi connectivity index (χ0n) is 21.9. The summed E-state index contributed by atoms with van der Waals surface area (Å²) >= 11 is 7.17. The van der Waals surface area contributed by atoms with Crippen molar-refractivity contribution in [2.75, 3.05) is 25.2 Å². The Labute approximate surface area is 236 Å². The number of unbranched alkanes of at least 4 members (excludes halogenated alkanes) is 3. The number of thiophene rings is 1. The van der Waals surface area contributed by atoms with Gasteiger partial charge in [0.1, 0.15) is 6.10 Å². The number of Topliss-reactive ketones (excluding diaryl/α,β-unsaturated/α-hetero) is 1. The van der Waals surface area contributed by atoms with Gasteiger partial charge in [-0.3, -0.25) is 19.1 Å². The Morgan fingerprint density at radius 2 is 1.95 bits per heavy atom. The number of carbonyl (C=O) groups is 2. The highest BCUT2D eigenvalue weighted by molar-refractivity contribution is 7.18. The lowest BCUT2D eigenvalue weighted by Crippen LogP contribution is -2.26. The van der Waals surface area contributed by atoms with E-state index in [9.17, 15) is 14.4 Å². The highest BCUT2D eigenvalue weighted by Crippen LogP contribution is 2.29. The van der Waals surface area contributed by atoms with Gasteiger partial charge in [0.25, 0.3) is 5.56 Å². The molecule has 1 atom stereocenters. The van der Waals surface area contributed by atoms with Crippen molar-refractivity contribution in [3.05, 3.63) is 79.4 Å². The van der Waals surface area contributed by atoms with Gasteiger partial charge in [-0.1, -0.05) is 30.5 Å². The number of cyclic esters (lactones) is 1. The molecule has 1 saturated heterocycles. The summed E-state index contributed by atoms with van der Waals surface area (Å²) in [5.41, 5.74) is 2.75. The molecule has 1 amide bonds. The van der Waals surface area contributed by atoms with Crippen molar-refractivity contribution in [1.82, 2.24) is 4.57 Å². The van der Waals surface area contributed by atoms with Gasteiger partial charge in [-0.05, 0) is 62.1 Å². The van der Waals surface area contributed by atoms with E-state index < -0.39 is 12.2 Å². The minimum atomic E-state index is -0.469. The highest BCUT2D eigenvalue weighted by atomic mass is 35.5. The largest absolute Gasteiger partial charge is 0.444 e. The van der Waals surface area contributed by atoms with E-state index >= 15 is 0 Å². The van der Waals surface area contributed by atoms with Crippen LogP contribution < -0.4 is 10.5 Å². The minimum absolute atomic E-state index is 0.0223. The summed E-state index contributed by atoms with van der Waals surface area (Å²) in [5.74, 6) is -0.0223. The number of amides is 1. The monoisotopic (exact) mass is 572 g/mol. The molecule has 1 aliphatic rings. The number of benzene rings is 1. The highest BCUT2D eigenvalue weighted by Gasteiger charge is 2.33. The molecule has 0 spiro atoms. The first-order valence-corrected chi connectivity index (χ1v) is 14.3. The SMILES string of the molecule is COCc1cc(N2C[C@H](CCC(=O)c3ccc(Cl)s3)OC2=O)ccc1-n1cccc(CCCCCCO)c1=O. The summed E-state index contributed by atoms with van der Waals surface area (Å²) in [6.07, 6.45) is 5.78. The zero-order valence-corrected chi connectivity index (χ0v) is 23.5. The van der Waals surface area contributed by atoms with E-state index in [4.69, 9.17) is 26.2 Å². The molecular formula is C29H33ClN2O6S. The number of aryl methyl sites for hydroxylation is 1. The van der Waals surface area contributed by atoms with E-state index in [0.717, 1.165) is 36.8 Å². The predicted molar refractivity (Wildman–Crippen MR) is 153 cm³/mol. The van der Waals surface area contributed by atoms with E-state index in [0.29, 0.717) is 40.0 Å². The molecule has 208 valence electrons. The Morgan fingerprint density at radius 1 is 1.13 bits per heavy atom. The molecule has 1 aromatic carbocycles. The molecule has 3 aromatic rings. The summed E-state index contributed by atoms with van der Waals surface area (Å²) in [6, 6.07) is 12.6. The summed E-state index contributed by atoms with van der Waals surface area (Å²) in [6.45, 7) is 0.775. The standard InChI is InChI=1S/C29H33ClN2O6S/c1-37-19-21-17-22(32-18-23(38-29(32)36)10-12-25(34)26-13-14-27(30)39-26)9-11-24(21)31-15-6-8-20(28(31)35)7-4-2-3-5-16-33/h6,8-9,11,13-15,17,23,33H,2-5,7,10,12,16,18-19H2,1H3/t23-/m0/s1. The van der Waals surface area contributed by atoms with Crippen molar-refractivity contribution in [2.45, 2.75) is 57.7 Å². The van der Waals surface area contributed by atoms with Crippen LogP contribution in [0.25, 0.3) is 5.69 Å². The second kappa shape index (κ2) is 13.9. The van der Waals surface area contributed by atoms with Crippen LogP contribution in [0.3, 0.4) is 0 Å². The number of hydrogen-bond donors (Lipinski definition) is 1. The fourth-order valence-electron chi connectivity index (χ4n) is 4.71. The van der Waals surface area contributed by atoms with Crippen LogP contribution in [-0.4, -0.2) is 47.9 Å². The van der Waals surface area contributed by atoms with Crippen LogP contribution in [0.2, 0.25) is 4.34 Å². The number of carbonyl (C=O) groups excluding carboxylic acids is 2. The van der Waals surface area contributed by atoms with E-state index in [1.807, 2.05) is 24.3 Å². The lowest BCUT2D eigenvalue weighted by molar-refractivity contribution is 0.0943. The molecule has 8 nitrogen and oxygen atoms in total. The number of methoxy groups -OCH3 is 1. The van der Waals surface area contributed by atoms with Gasteiger partial charge < -0.3 is 14.6 Å². The molecule has 4 rings (SSSR count). The quantitative estimate of drug-likeness (QED) is 0.194. The molecule has 3 heterocycles. The number of pyridine rings is 1. The summed E-state index contributed by atoms with van der Waals surface area (Å²) in [7, 11) is 1.58. The van der Waals surface area contributed by atoms with Crippen LogP contribution in [0.4, 0.5) is 10.5 Å². The number of aromatic nitrogens is 1. The molecule has 0 bridgehead atoms. The van der Waals surface area contributed by atoms with Crippen molar-refractivity contribution in [2.24, 2.45) is 0 Å². The van der Waals surface area contributed by atoms with Gasteiger partial charge in [0.2, 0.25) is 0 Å². The van der Waals surface area contributed by atoms with E-state index in [1.54, 1.807) is 41.0 Å². The third kappa shape index (κ3) is 7.36. The molecule has 1 aliphatic heterocycles. The van der Waals surface area contributed by atoms with Crippen LogP contribution in [-0.2, 0) is 22.5 Å². The Kier molecular flexibility index (Phi) is 10.3. The molecule has 2 aromatic heterocycles. The van der Waals surface area contributed by atoms with Gasteiger partial charge in [-0.15, -0.1) is 11.3 Å². The number of aliphatic hydroxyl groups is 1. The number of nitrogens with zero attached hydrogens (tertiary/aromatic N) is 2. The van der Waals surface area contributed by atoms with Gasteiger partial charge in [0.05, 0.1) is 28.1 Å². The van der Waals surface area contributed by atoms with Gasteiger partial charge in [0, 0.05) is 43.1 Å². The minimum Gasteiger partial charge on any atom is -0.444 e. The second-order valence-electron chi connectivity index (χ2n) is 9.52. The average molecular weight is 573 g/mol. The van der Waals surface area contributed by atoms with Crippen LogP contribution in [0.15, 0.2) is 53.5 Å². The molecule has 1 fully saturated rings. The van der Waals surface area contributed by atoms with Crippen molar-refractivity contribution < 1.29 is 24.2 Å². The molecule has 0 unspecified atom stereocenters. The Hall–Kier alpha value is -2.98. The average Bonchev–Trinajstić information content (AvgIpc) is 3.53. The van der Waals surface area contributed by atoms with Crippen molar-refractivity contribution in [3.8, 4) is 5.69 Å². The zero-order chi connectivity index (χ0) is 27.8. The number of hydrogen-bond acceptors (Lipinski definition) is 7. The topological polar surface area (TPSA) is 98.1 Å². The second-order valence-corrected chi connectivity index (χ2v) is 11.2. The number of rotatable bonds is 14. The number of halogens is 1. The lowest BCUT2D eigenvalue weighted by Gasteiger charge is -2.18. The normalized spacial score (nSPS) is 15.1. The maximum absolute atomic E-state index is 13.3. The van der Waals surface area contributed by atoms with Crippen LogP contribution >= 0.6 is 22.9 Å². The van der Waals surface area contributed by atoms with Crippen LogP contribution in [0, 0.1) is 0 Å². The van der Waals surface area contributed by atoms with Crippen molar-refractivity contribution in [1.29, 1.82) is 0 Å². The van der Waals surface area contributed by atoms with Crippen LogP contribution in [0.1, 0.15) is 59.3 Å². The first-order valence-electron chi connectivity index (χ1n) is 13.1. The molecule has 1 N–H and O–H groups in total. The molecule has 0 aliphatic carbocycles. The Bertz CT molecular complexity index is 1350. The number of ketones is 1. The molecular weight excluding hydrogens is 540 g/mol. The van der Waals surface area contributed by atoms with E-state index in [2.05, 4.69) is 0 Å². The summed E-state index contributed by atoms with van der Waals surface area (Å²) in [4.78, 5) is 40.6. The summed E-state index contributed by atoms with van der Waals surface area (Å²) in [5, 5.41) is 8.95. The predicted octanol–water partition coefficient (Wildman–Crippen LogP) is 5.78. The Morgan fingerprint density at radius 3 is 2.69 bits per heavy atom. The fraction of sp³-hybridized carbons (Fsp3) is 0.414. The van der Waals surface area contributed by atoms with Crippen molar-refractivity contribution >= 4 is 40.5 Å². The molecule has 0 saturated carbocycles. The third-order valence-corrected chi connectivity index (χ3v) is 8.00. The van der Waals surface area contributed by atoms with E-state index in [-0.39, 0.29) is 31.0 Å². The van der Waals surface area contributed by atoms with Gasteiger partial charge >= 0.3 is 6.09 Å². The molecule has 39 heavy (non-hydrogen) atoms. The van der Waals surface area contributed by atoms with Gasteiger partial charge in [-0.25, -0.2) is 4.79 Å². The first kappa shape index (κ1) is 29.0. The van der Waals surface area contributed by atoms with Gasteiger partial charge in [-0.2, -0.15) is 0 Å². The smallest absolute Gasteiger partial charge is 0.414 e. The van der Waals surface area contributed by atoms with E-state index in [1.165, 1.54) is 11.3 Å².